The van der Waals surface area contributed by atoms with E-state index in [1.807, 2.05) is 6.92 Å². The molecule has 1 aromatic heterocycles. The maximum absolute atomic E-state index is 11.8. The van der Waals surface area contributed by atoms with E-state index in [0.29, 0.717) is 19.0 Å². The first-order chi connectivity index (χ1) is 8.61. The van der Waals surface area contributed by atoms with Crippen molar-refractivity contribution < 1.29 is 13.5 Å². The number of rotatable bonds is 8. The van der Waals surface area contributed by atoms with Gasteiger partial charge < -0.3 is 15.4 Å². The van der Waals surface area contributed by atoms with Crippen LogP contribution < -0.4 is 10.6 Å². The largest absolute Gasteiger partial charge is 0.374 e. The van der Waals surface area contributed by atoms with Crippen LogP contribution in [0.25, 0.3) is 0 Å². The molecule has 0 aliphatic rings. The van der Waals surface area contributed by atoms with Gasteiger partial charge in [-0.05, 0) is 18.5 Å². The summed E-state index contributed by atoms with van der Waals surface area (Å²) in [5, 5.41) is 5.74. The van der Waals surface area contributed by atoms with Crippen LogP contribution >= 0.6 is 11.6 Å². The zero-order valence-electron chi connectivity index (χ0n) is 9.79. The monoisotopic (exact) mass is 281 g/mol. The molecule has 0 aromatic carbocycles. The SMILES string of the molecule is CCNc1nc(Cl)nc(NCCOCC(F)F)n1. The van der Waals surface area contributed by atoms with Crippen molar-refractivity contribution in [3.63, 3.8) is 0 Å². The molecule has 0 fully saturated rings. The number of alkyl halides is 2. The second-order valence-corrected chi connectivity index (χ2v) is 3.51. The molecule has 9 heteroatoms. The van der Waals surface area contributed by atoms with Crippen LogP contribution in [0.3, 0.4) is 0 Å². The summed E-state index contributed by atoms with van der Waals surface area (Å²) in [5.74, 6) is 0.625. The van der Waals surface area contributed by atoms with Gasteiger partial charge in [0.25, 0.3) is 6.43 Å². The van der Waals surface area contributed by atoms with Gasteiger partial charge in [0.15, 0.2) is 0 Å². The Morgan fingerprint density at radius 2 is 1.89 bits per heavy atom. The van der Waals surface area contributed by atoms with Crippen molar-refractivity contribution in [3.8, 4) is 0 Å². The third kappa shape index (κ3) is 5.87. The standard InChI is InChI=1S/C9H14ClF2N5O/c1-2-13-8-15-7(10)16-9(17-8)14-3-4-18-5-6(11)12/h6H,2-5H2,1H3,(H2,13,14,15,16,17). The molecule has 0 amide bonds. The van der Waals surface area contributed by atoms with E-state index >= 15 is 0 Å². The molecular weight excluding hydrogens is 268 g/mol. The number of nitrogens with one attached hydrogen (secondary N) is 2. The molecule has 1 rings (SSSR count). The van der Waals surface area contributed by atoms with Gasteiger partial charge in [-0.25, -0.2) is 8.78 Å². The van der Waals surface area contributed by atoms with E-state index in [0.717, 1.165) is 0 Å². The fraction of sp³-hybridized carbons (Fsp3) is 0.667. The highest BCUT2D eigenvalue weighted by molar-refractivity contribution is 6.28. The average Bonchev–Trinajstić information content (AvgIpc) is 2.28. The first-order valence-corrected chi connectivity index (χ1v) is 5.74. The Kier molecular flexibility index (Phi) is 6.51. The van der Waals surface area contributed by atoms with Gasteiger partial charge in [-0.3, -0.25) is 0 Å². The molecule has 0 bridgehead atoms. The van der Waals surface area contributed by atoms with Gasteiger partial charge in [0, 0.05) is 13.1 Å². The molecule has 0 aliphatic heterocycles. The van der Waals surface area contributed by atoms with E-state index in [-0.39, 0.29) is 17.8 Å². The summed E-state index contributed by atoms with van der Waals surface area (Å²) >= 11 is 5.69. The van der Waals surface area contributed by atoms with Crippen molar-refractivity contribution >= 4 is 23.5 Å². The van der Waals surface area contributed by atoms with Crippen LogP contribution in [0.1, 0.15) is 6.92 Å². The highest BCUT2D eigenvalue weighted by atomic mass is 35.5. The summed E-state index contributed by atoms with van der Waals surface area (Å²) in [7, 11) is 0. The molecule has 2 N–H and O–H groups in total. The summed E-state index contributed by atoms with van der Waals surface area (Å²) in [6, 6.07) is 0. The van der Waals surface area contributed by atoms with Gasteiger partial charge in [0.2, 0.25) is 17.2 Å². The normalized spacial score (nSPS) is 10.7. The summed E-state index contributed by atoms with van der Waals surface area (Å²) in [5.41, 5.74) is 0. The van der Waals surface area contributed by atoms with Crippen LogP contribution in [-0.4, -0.2) is 47.7 Å². The quantitative estimate of drug-likeness (QED) is 0.706. The maximum atomic E-state index is 11.8. The second kappa shape index (κ2) is 7.93. The van der Waals surface area contributed by atoms with E-state index in [1.54, 1.807) is 0 Å². The lowest BCUT2D eigenvalue weighted by atomic mass is 10.6. The molecule has 0 saturated carbocycles. The number of halogens is 3. The van der Waals surface area contributed by atoms with Crippen molar-refractivity contribution in [3.05, 3.63) is 5.28 Å². The van der Waals surface area contributed by atoms with E-state index in [2.05, 4.69) is 25.6 Å². The van der Waals surface area contributed by atoms with Gasteiger partial charge in [-0.15, -0.1) is 0 Å². The lowest BCUT2D eigenvalue weighted by Crippen LogP contribution is -2.15. The predicted molar refractivity (Wildman–Crippen MR) is 64.3 cm³/mol. The van der Waals surface area contributed by atoms with Gasteiger partial charge in [0.05, 0.1) is 6.61 Å². The minimum absolute atomic E-state index is 0.0527. The maximum Gasteiger partial charge on any atom is 0.261 e. The van der Waals surface area contributed by atoms with Crippen LogP contribution in [0.2, 0.25) is 5.28 Å². The Morgan fingerprint density at radius 3 is 2.50 bits per heavy atom. The van der Waals surface area contributed by atoms with Gasteiger partial charge in [-0.1, -0.05) is 0 Å². The van der Waals surface area contributed by atoms with Crippen LogP contribution in [0.4, 0.5) is 20.7 Å². The van der Waals surface area contributed by atoms with Gasteiger partial charge in [0.1, 0.15) is 6.61 Å². The van der Waals surface area contributed by atoms with Crippen molar-refractivity contribution in [2.45, 2.75) is 13.3 Å². The lowest BCUT2D eigenvalue weighted by Gasteiger charge is -2.07. The van der Waals surface area contributed by atoms with Crippen LogP contribution in [0, 0.1) is 0 Å². The number of nitrogens with zero attached hydrogens (tertiary/aromatic N) is 3. The number of ether oxygens (including phenoxy) is 1. The van der Waals surface area contributed by atoms with E-state index in [4.69, 9.17) is 16.3 Å². The molecule has 0 radical (unpaired) electrons. The Balaban J connectivity index is 2.37. The molecular formula is C9H14ClF2N5O. The molecule has 1 aromatic rings. The summed E-state index contributed by atoms with van der Waals surface area (Å²) in [6.07, 6.45) is -2.46. The molecule has 0 aliphatic carbocycles. The Labute approximate surface area is 108 Å². The summed E-state index contributed by atoms with van der Waals surface area (Å²) in [4.78, 5) is 11.7. The first kappa shape index (κ1) is 14.8. The third-order valence-electron chi connectivity index (χ3n) is 1.72. The van der Waals surface area contributed by atoms with Crippen molar-refractivity contribution in [2.75, 3.05) is 36.9 Å². The Bertz CT molecular complexity index is 369. The van der Waals surface area contributed by atoms with E-state index in [9.17, 15) is 8.78 Å². The first-order valence-electron chi connectivity index (χ1n) is 5.37. The van der Waals surface area contributed by atoms with Crippen LogP contribution in [0.5, 0.6) is 0 Å². The molecule has 1 heterocycles. The number of hydrogen-bond donors (Lipinski definition) is 2. The van der Waals surface area contributed by atoms with Crippen molar-refractivity contribution in [1.82, 2.24) is 15.0 Å². The molecule has 0 atom stereocenters. The van der Waals surface area contributed by atoms with Crippen molar-refractivity contribution in [1.29, 1.82) is 0 Å². The molecule has 18 heavy (non-hydrogen) atoms. The second-order valence-electron chi connectivity index (χ2n) is 3.17. The smallest absolute Gasteiger partial charge is 0.261 e. The highest BCUT2D eigenvalue weighted by Gasteiger charge is 2.04. The van der Waals surface area contributed by atoms with Crippen LogP contribution in [0.15, 0.2) is 0 Å². The summed E-state index contributed by atoms with van der Waals surface area (Å²) < 4.78 is 28.2. The van der Waals surface area contributed by atoms with Gasteiger partial charge >= 0.3 is 0 Å². The molecule has 0 saturated heterocycles. The average molecular weight is 282 g/mol. The zero-order chi connectivity index (χ0) is 13.4. The topological polar surface area (TPSA) is 72.0 Å². The zero-order valence-corrected chi connectivity index (χ0v) is 10.5. The minimum Gasteiger partial charge on any atom is -0.374 e. The highest BCUT2D eigenvalue weighted by Crippen LogP contribution is 2.08. The van der Waals surface area contributed by atoms with E-state index in [1.165, 1.54) is 0 Å². The number of hydrogen-bond acceptors (Lipinski definition) is 6. The molecule has 6 nitrogen and oxygen atoms in total. The number of aromatic nitrogens is 3. The van der Waals surface area contributed by atoms with E-state index < -0.39 is 13.0 Å². The number of anilines is 2. The summed E-state index contributed by atoms with van der Waals surface area (Å²) in [6.45, 7) is 2.39. The van der Waals surface area contributed by atoms with Crippen LogP contribution in [-0.2, 0) is 4.74 Å². The molecule has 102 valence electrons. The van der Waals surface area contributed by atoms with Crippen molar-refractivity contribution in [2.24, 2.45) is 0 Å². The molecule has 0 spiro atoms. The Hall–Kier alpha value is -1.28. The van der Waals surface area contributed by atoms with Gasteiger partial charge in [-0.2, -0.15) is 15.0 Å². The molecule has 0 unspecified atom stereocenters. The Morgan fingerprint density at radius 1 is 1.22 bits per heavy atom. The fourth-order valence-corrected chi connectivity index (χ4v) is 1.23. The fourth-order valence-electron chi connectivity index (χ4n) is 1.07. The predicted octanol–water partition coefficient (Wildman–Crippen LogP) is 1.65. The third-order valence-corrected chi connectivity index (χ3v) is 1.89. The minimum atomic E-state index is -2.46. The lowest BCUT2D eigenvalue weighted by molar-refractivity contribution is 0.0214.